The van der Waals surface area contributed by atoms with Crippen molar-refractivity contribution in [1.29, 1.82) is 0 Å². The number of halogens is 1. The van der Waals surface area contributed by atoms with Crippen LogP contribution in [-0.4, -0.2) is 49.4 Å². The average molecular weight is 397 g/mol. The van der Waals surface area contributed by atoms with E-state index in [1.54, 1.807) is 6.07 Å². The molecule has 150 valence electrons. The van der Waals surface area contributed by atoms with Gasteiger partial charge in [-0.15, -0.1) is 0 Å². The number of carbonyl (C=O) groups is 1. The predicted octanol–water partition coefficient (Wildman–Crippen LogP) is 3.35. The van der Waals surface area contributed by atoms with Crippen LogP contribution in [0.15, 0.2) is 12.1 Å². The predicted molar refractivity (Wildman–Crippen MR) is 104 cm³/mol. The Kier molecular flexibility index (Phi) is 7.21. The highest BCUT2D eigenvalue weighted by atomic mass is 35.5. The molecule has 2 aliphatic heterocycles. The minimum Gasteiger partial charge on any atom is -0.454 e. The minimum absolute atomic E-state index is 0.238. The van der Waals surface area contributed by atoms with Crippen molar-refractivity contribution in [3.8, 4) is 11.5 Å². The second-order valence-electron chi connectivity index (χ2n) is 7.32. The molecular weight excluding hydrogens is 368 g/mol. The fraction of sp³-hybridized carbons (Fsp3) is 0.650. The maximum absolute atomic E-state index is 12.1. The smallest absolute Gasteiger partial charge is 0.231 e. The molecular formula is C20H29ClN2O4. The molecule has 1 amide bonds. The van der Waals surface area contributed by atoms with Gasteiger partial charge in [-0.25, -0.2) is 0 Å². The quantitative estimate of drug-likeness (QED) is 0.614. The lowest BCUT2D eigenvalue weighted by Crippen LogP contribution is -2.36. The molecule has 27 heavy (non-hydrogen) atoms. The van der Waals surface area contributed by atoms with Crippen molar-refractivity contribution in [3.05, 3.63) is 22.7 Å². The third-order valence-corrected chi connectivity index (χ3v) is 5.31. The first-order valence-electron chi connectivity index (χ1n) is 9.74. The molecule has 1 atom stereocenters. The Labute approximate surface area is 166 Å². The van der Waals surface area contributed by atoms with E-state index in [0.29, 0.717) is 36.4 Å². The lowest BCUT2D eigenvalue weighted by atomic mass is 10.1. The number of benzene rings is 1. The van der Waals surface area contributed by atoms with E-state index < -0.39 is 0 Å². The molecule has 0 saturated carbocycles. The van der Waals surface area contributed by atoms with Gasteiger partial charge >= 0.3 is 0 Å². The summed E-state index contributed by atoms with van der Waals surface area (Å²) in [6, 6.07) is 4.05. The molecule has 2 heterocycles. The highest BCUT2D eigenvalue weighted by molar-refractivity contribution is 6.31. The largest absolute Gasteiger partial charge is 0.454 e. The molecule has 1 aromatic carbocycles. The maximum atomic E-state index is 12.1. The topological polar surface area (TPSA) is 60.0 Å². The van der Waals surface area contributed by atoms with Crippen molar-refractivity contribution in [1.82, 2.24) is 10.2 Å². The van der Waals surface area contributed by atoms with Gasteiger partial charge in [0.2, 0.25) is 12.7 Å². The van der Waals surface area contributed by atoms with Crippen LogP contribution in [0, 0.1) is 0 Å². The molecule has 3 rings (SSSR count). The van der Waals surface area contributed by atoms with Crippen molar-refractivity contribution in [2.45, 2.75) is 58.2 Å². The Hall–Kier alpha value is -1.50. The van der Waals surface area contributed by atoms with Crippen LogP contribution in [0.4, 0.5) is 0 Å². The van der Waals surface area contributed by atoms with Gasteiger partial charge in [0, 0.05) is 43.2 Å². The SMILES string of the molecule is CC(C)OCCCN1C(=O)CCC1CCNCc1cc2c(cc1Cl)OCO2. The second-order valence-corrected chi connectivity index (χ2v) is 7.72. The molecule has 0 bridgehead atoms. The van der Waals surface area contributed by atoms with E-state index in [9.17, 15) is 4.79 Å². The highest BCUT2D eigenvalue weighted by Gasteiger charge is 2.29. The van der Waals surface area contributed by atoms with Crippen LogP contribution >= 0.6 is 11.6 Å². The van der Waals surface area contributed by atoms with Crippen molar-refractivity contribution in [2.24, 2.45) is 0 Å². The Bertz CT molecular complexity index is 653. The van der Waals surface area contributed by atoms with Crippen molar-refractivity contribution < 1.29 is 19.0 Å². The first kappa shape index (κ1) is 20.2. The van der Waals surface area contributed by atoms with Gasteiger partial charge in [-0.1, -0.05) is 11.6 Å². The first-order chi connectivity index (χ1) is 13.0. The number of fused-ring (bicyclic) bond motifs is 1. The molecule has 1 saturated heterocycles. The van der Waals surface area contributed by atoms with E-state index in [2.05, 4.69) is 5.32 Å². The number of ether oxygens (including phenoxy) is 3. The van der Waals surface area contributed by atoms with E-state index in [1.165, 1.54) is 0 Å². The number of hydrogen-bond acceptors (Lipinski definition) is 5. The third-order valence-electron chi connectivity index (χ3n) is 4.96. The highest BCUT2D eigenvalue weighted by Crippen LogP contribution is 2.36. The second kappa shape index (κ2) is 9.62. The number of nitrogens with one attached hydrogen (secondary N) is 1. The number of carbonyl (C=O) groups excluding carboxylic acids is 1. The molecule has 0 aromatic heterocycles. The van der Waals surface area contributed by atoms with Gasteiger partial charge in [-0.2, -0.15) is 0 Å². The van der Waals surface area contributed by atoms with Crippen LogP contribution in [0.3, 0.4) is 0 Å². The molecule has 1 unspecified atom stereocenters. The van der Waals surface area contributed by atoms with Crippen LogP contribution in [0.1, 0.15) is 45.1 Å². The average Bonchev–Trinajstić information content (AvgIpc) is 3.22. The molecule has 0 spiro atoms. The van der Waals surface area contributed by atoms with Gasteiger partial charge in [0.1, 0.15) is 0 Å². The fourth-order valence-electron chi connectivity index (χ4n) is 3.54. The summed E-state index contributed by atoms with van der Waals surface area (Å²) >= 11 is 6.31. The van der Waals surface area contributed by atoms with Crippen LogP contribution in [0.2, 0.25) is 5.02 Å². The van der Waals surface area contributed by atoms with Crippen LogP contribution in [0.5, 0.6) is 11.5 Å². The number of rotatable bonds is 10. The van der Waals surface area contributed by atoms with Gasteiger partial charge in [0.25, 0.3) is 0 Å². The molecule has 0 radical (unpaired) electrons. The molecule has 7 heteroatoms. The zero-order valence-corrected chi connectivity index (χ0v) is 16.9. The minimum atomic E-state index is 0.238. The Balaban J connectivity index is 1.41. The molecule has 2 aliphatic rings. The molecule has 1 fully saturated rings. The zero-order valence-electron chi connectivity index (χ0n) is 16.1. The van der Waals surface area contributed by atoms with Crippen molar-refractivity contribution in [2.75, 3.05) is 26.5 Å². The molecule has 1 aromatic rings. The summed E-state index contributed by atoms with van der Waals surface area (Å²) in [6.07, 6.45) is 3.67. The summed E-state index contributed by atoms with van der Waals surface area (Å²) in [5.74, 6) is 1.71. The lowest BCUT2D eigenvalue weighted by Gasteiger charge is -2.25. The Morgan fingerprint density at radius 1 is 1.33 bits per heavy atom. The van der Waals surface area contributed by atoms with Crippen LogP contribution in [0.25, 0.3) is 0 Å². The Morgan fingerprint density at radius 2 is 2.11 bits per heavy atom. The van der Waals surface area contributed by atoms with Gasteiger partial charge in [-0.3, -0.25) is 4.79 Å². The normalized spacial score (nSPS) is 18.7. The Morgan fingerprint density at radius 3 is 2.89 bits per heavy atom. The summed E-state index contributed by atoms with van der Waals surface area (Å²) in [5.41, 5.74) is 0.992. The maximum Gasteiger partial charge on any atom is 0.231 e. The number of nitrogens with zero attached hydrogens (tertiary/aromatic N) is 1. The van der Waals surface area contributed by atoms with Gasteiger partial charge in [0.15, 0.2) is 11.5 Å². The standard InChI is InChI=1S/C20H29ClN2O4/c1-14(2)25-9-3-8-23-16(4-5-20(23)24)6-7-22-12-15-10-18-19(11-17(15)21)27-13-26-18/h10-11,14,16,22H,3-9,12-13H2,1-2H3. The van der Waals surface area contributed by atoms with E-state index >= 15 is 0 Å². The van der Waals surface area contributed by atoms with Gasteiger partial charge in [-0.05, 0) is 51.3 Å². The monoisotopic (exact) mass is 396 g/mol. The van der Waals surface area contributed by atoms with E-state index in [4.69, 9.17) is 25.8 Å². The summed E-state index contributed by atoms with van der Waals surface area (Å²) in [7, 11) is 0. The lowest BCUT2D eigenvalue weighted by molar-refractivity contribution is -0.129. The van der Waals surface area contributed by atoms with Gasteiger partial charge < -0.3 is 24.4 Å². The fourth-order valence-corrected chi connectivity index (χ4v) is 3.76. The number of amides is 1. The van der Waals surface area contributed by atoms with Gasteiger partial charge in [0.05, 0.1) is 6.10 Å². The van der Waals surface area contributed by atoms with E-state index in [0.717, 1.165) is 43.7 Å². The van der Waals surface area contributed by atoms with Crippen molar-refractivity contribution >= 4 is 17.5 Å². The summed E-state index contributed by atoms with van der Waals surface area (Å²) in [4.78, 5) is 14.2. The van der Waals surface area contributed by atoms with E-state index in [-0.39, 0.29) is 18.8 Å². The van der Waals surface area contributed by atoms with E-state index in [1.807, 2.05) is 24.8 Å². The number of likely N-dealkylation sites (tertiary alicyclic amines) is 1. The molecule has 6 nitrogen and oxygen atoms in total. The van der Waals surface area contributed by atoms with Crippen LogP contribution in [-0.2, 0) is 16.1 Å². The summed E-state index contributed by atoms with van der Waals surface area (Å²) in [6.45, 7) is 7.29. The zero-order chi connectivity index (χ0) is 19.2. The summed E-state index contributed by atoms with van der Waals surface area (Å²) < 4.78 is 16.3. The number of hydrogen-bond donors (Lipinski definition) is 1. The molecule has 1 N–H and O–H groups in total. The molecule has 0 aliphatic carbocycles. The summed E-state index contributed by atoms with van der Waals surface area (Å²) in [5, 5.41) is 4.11. The third kappa shape index (κ3) is 5.50. The van der Waals surface area contributed by atoms with Crippen molar-refractivity contribution in [3.63, 3.8) is 0 Å². The first-order valence-corrected chi connectivity index (χ1v) is 10.1. The van der Waals surface area contributed by atoms with Crippen LogP contribution < -0.4 is 14.8 Å².